The molecule has 0 aromatic carbocycles. The van der Waals surface area contributed by atoms with Gasteiger partial charge in [0.05, 0.1) is 12.0 Å². The molecule has 2 aromatic rings. The lowest BCUT2D eigenvalue weighted by atomic mass is 10.2. The van der Waals surface area contributed by atoms with Gasteiger partial charge in [-0.1, -0.05) is 6.07 Å². The maximum atomic E-state index is 11.9. The fourth-order valence-corrected chi connectivity index (χ4v) is 1.82. The Bertz CT molecular complexity index is 468. The molecule has 2 rings (SSSR count). The van der Waals surface area contributed by atoms with Crippen LogP contribution in [-0.4, -0.2) is 22.9 Å². The summed E-state index contributed by atoms with van der Waals surface area (Å²) in [6, 6.07) is 3.57. The summed E-state index contributed by atoms with van der Waals surface area (Å²) in [5.74, 6) is 0.103. The van der Waals surface area contributed by atoms with Crippen molar-refractivity contribution < 1.29 is 9.53 Å². The van der Waals surface area contributed by atoms with Crippen LogP contribution < -0.4 is 4.74 Å². The van der Waals surface area contributed by atoms with Crippen LogP contribution in [0.5, 0.6) is 5.88 Å². The van der Waals surface area contributed by atoms with E-state index in [4.69, 9.17) is 4.74 Å². The quantitative estimate of drug-likeness (QED) is 0.740. The largest absolute Gasteiger partial charge is 0.479 e. The van der Waals surface area contributed by atoms with E-state index >= 15 is 0 Å². The lowest BCUT2D eigenvalue weighted by Crippen LogP contribution is -2.06. The first kappa shape index (κ1) is 9.79. The fourth-order valence-electron chi connectivity index (χ4n) is 1.15. The van der Waals surface area contributed by atoms with Crippen LogP contribution in [-0.2, 0) is 0 Å². The summed E-state index contributed by atoms with van der Waals surface area (Å²) >= 11 is 1.37. The Kier molecular flexibility index (Phi) is 2.73. The molecule has 2 aromatic heterocycles. The molecule has 0 radical (unpaired) electrons. The molecule has 0 aliphatic rings. The van der Waals surface area contributed by atoms with Crippen molar-refractivity contribution in [2.45, 2.75) is 0 Å². The van der Waals surface area contributed by atoms with Crippen LogP contribution in [0.3, 0.4) is 0 Å². The van der Waals surface area contributed by atoms with Crippen molar-refractivity contribution in [1.82, 2.24) is 9.97 Å². The van der Waals surface area contributed by atoms with E-state index in [-0.39, 0.29) is 17.4 Å². The van der Waals surface area contributed by atoms with Crippen LogP contribution in [0.1, 0.15) is 15.4 Å². The van der Waals surface area contributed by atoms with Gasteiger partial charge < -0.3 is 4.74 Å². The highest BCUT2D eigenvalue weighted by atomic mass is 32.1. The number of carbonyl (C=O) groups excluding carboxylic acids is 1. The van der Waals surface area contributed by atoms with Gasteiger partial charge in [-0.25, -0.2) is 9.97 Å². The van der Waals surface area contributed by atoms with E-state index < -0.39 is 0 Å². The first-order chi connectivity index (χ1) is 7.33. The van der Waals surface area contributed by atoms with E-state index in [9.17, 15) is 4.79 Å². The van der Waals surface area contributed by atoms with Crippen LogP contribution in [0, 0.1) is 0 Å². The number of ketones is 1. The first-order valence-electron chi connectivity index (χ1n) is 4.26. The van der Waals surface area contributed by atoms with E-state index in [1.807, 2.05) is 11.4 Å². The molecule has 0 aliphatic heterocycles. The number of nitrogens with zero attached hydrogens (tertiary/aromatic N) is 2. The van der Waals surface area contributed by atoms with Crippen molar-refractivity contribution in [3.05, 3.63) is 40.5 Å². The van der Waals surface area contributed by atoms with Gasteiger partial charge in [0.1, 0.15) is 0 Å². The van der Waals surface area contributed by atoms with Crippen molar-refractivity contribution in [3.8, 4) is 5.88 Å². The SMILES string of the molecule is COc1nccnc1C(=O)c1cccs1. The lowest BCUT2D eigenvalue weighted by Gasteiger charge is -2.02. The highest BCUT2D eigenvalue weighted by molar-refractivity contribution is 7.12. The number of rotatable bonds is 3. The number of carbonyl (C=O) groups is 1. The average Bonchev–Trinajstić information content (AvgIpc) is 2.81. The van der Waals surface area contributed by atoms with E-state index in [0.29, 0.717) is 4.88 Å². The van der Waals surface area contributed by atoms with E-state index in [0.717, 1.165) is 0 Å². The molecule has 4 nitrogen and oxygen atoms in total. The minimum Gasteiger partial charge on any atom is -0.479 e. The van der Waals surface area contributed by atoms with Gasteiger partial charge in [-0.05, 0) is 11.4 Å². The maximum Gasteiger partial charge on any atom is 0.243 e. The summed E-state index contributed by atoms with van der Waals surface area (Å²) in [7, 11) is 1.47. The Morgan fingerprint density at radius 2 is 2.20 bits per heavy atom. The molecule has 0 saturated carbocycles. The van der Waals surface area contributed by atoms with E-state index in [2.05, 4.69) is 9.97 Å². The van der Waals surface area contributed by atoms with Gasteiger partial charge in [0, 0.05) is 12.4 Å². The zero-order chi connectivity index (χ0) is 10.7. The average molecular weight is 220 g/mol. The Labute approximate surface area is 90.6 Å². The second kappa shape index (κ2) is 4.18. The van der Waals surface area contributed by atoms with Crippen LogP contribution in [0.25, 0.3) is 0 Å². The molecule has 0 unspecified atom stereocenters. The third kappa shape index (κ3) is 1.87. The Balaban J connectivity index is 2.42. The van der Waals surface area contributed by atoms with Crippen LogP contribution in [0.2, 0.25) is 0 Å². The predicted octanol–water partition coefficient (Wildman–Crippen LogP) is 1.78. The highest BCUT2D eigenvalue weighted by Crippen LogP contribution is 2.18. The third-order valence-electron chi connectivity index (χ3n) is 1.82. The van der Waals surface area contributed by atoms with Crippen molar-refractivity contribution in [2.24, 2.45) is 0 Å². The molecule has 0 N–H and O–H groups in total. The number of thiophene rings is 1. The van der Waals surface area contributed by atoms with E-state index in [1.165, 1.54) is 30.8 Å². The van der Waals surface area contributed by atoms with Gasteiger partial charge in [0.15, 0.2) is 5.69 Å². The molecule has 0 aliphatic carbocycles. The normalized spacial score (nSPS) is 9.93. The molecule has 0 amide bonds. The molecular formula is C10H8N2O2S. The standard InChI is InChI=1S/C10H8N2O2S/c1-14-10-8(11-4-5-12-10)9(13)7-3-2-6-15-7/h2-6H,1H3. The van der Waals surface area contributed by atoms with Crippen LogP contribution >= 0.6 is 11.3 Å². The fraction of sp³-hybridized carbons (Fsp3) is 0.100. The van der Waals surface area contributed by atoms with Gasteiger partial charge >= 0.3 is 0 Å². The summed E-state index contributed by atoms with van der Waals surface area (Å²) in [6.45, 7) is 0. The van der Waals surface area contributed by atoms with Crippen molar-refractivity contribution in [3.63, 3.8) is 0 Å². The number of aromatic nitrogens is 2. The predicted molar refractivity (Wildman–Crippen MR) is 56.3 cm³/mol. The molecule has 15 heavy (non-hydrogen) atoms. The van der Waals surface area contributed by atoms with E-state index in [1.54, 1.807) is 6.07 Å². The van der Waals surface area contributed by atoms with Gasteiger partial charge in [-0.15, -0.1) is 11.3 Å². The minimum absolute atomic E-state index is 0.157. The lowest BCUT2D eigenvalue weighted by molar-refractivity contribution is 0.103. The van der Waals surface area contributed by atoms with Crippen LogP contribution in [0.15, 0.2) is 29.9 Å². The minimum atomic E-state index is -0.157. The van der Waals surface area contributed by atoms with Gasteiger partial charge in [-0.3, -0.25) is 4.79 Å². The molecular weight excluding hydrogens is 212 g/mol. The number of hydrogen-bond acceptors (Lipinski definition) is 5. The molecule has 5 heteroatoms. The smallest absolute Gasteiger partial charge is 0.243 e. The second-order valence-corrected chi connectivity index (χ2v) is 3.67. The molecule has 0 fully saturated rings. The zero-order valence-corrected chi connectivity index (χ0v) is 8.82. The summed E-state index contributed by atoms with van der Waals surface area (Å²) < 4.78 is 4.97. The number of hydrogen-bond donors (Lipinski definition) is 0. The van der Waals surface area contributed by atoms with Gasteiger partial charge in [-0.2, -0.15) is 0 Å². The number of ether oxygens (including phenoxy) is 1. The van der Waals surface area contributed by atoms with Crippen molar-refractivity contribution in [1.29, 1.82) is 0 Å². The summed E-state index contributed by atoms with van der Waals surface area (Å²) in [5.41, 5.74) is 0.252. The first-order valence-corrected chi connectivity index (χ1v) is 5.14. The van der Waals surface area contributed by atoms with Crippen molar-refractivity contribution >= 4 is 17.1 Å². The Morgan fingerprint density at radius 1 is 1.40 bits per heavy atom. The molecule has 0 atom stereocenters. The molecule has 0 saturated heterocycles. The van der Waals surface area contributed by atoms with Gasteiger partial charge in [0.2, 0.25) is 11.7 Å². The summed E-state index contributed by atoms with van der Waals surface area (Å²) in [5, 5.41) is 1.84. The Hall–Kier alpha value is -1.75. The maximum absolute atomic E-state index is 11.9. The zero-order valence-electron chi connectivity index (χ0n) is 8.01. The van der Waals surface area contributed by atoms with Crippen molar-refractivity contribution in [2.75, 3.05) is 7.11 Å². The highest BCUT2D eigenvalue weighted by Gasteiger charge is 2.17. The summed E-state index contributed by atoms with van der Waals surface area (Å²) in [6.07, 6.45) is 2.97. The topological polar surface area (TPSA) is 52.1 Å². The Morgan fingerprint density at radius 3 is 2.87 bits per heavy atom. The monoisotopic (exact) mass is 220 g/mol. The molecule has 76 valence electrons. The third-order valence-corrected chi connectivity index (χ3v) is 2.69. The van der Waals surface area contributed by atoms with Gasteiger partial charge in [0.25, 0.3) is 0 Å². The molecule has 2 heterocycles. The number of methoxy groups -OCH3 is 1. The summed E-state index contributed by atoms with van der Waals surface area (Å²) in [4.78, 5) is 20.5. The molecule has 0 bridgehead atoms. The van der Waals surface area contributed by atoms with Crippen LogP contribution in [0.4, 0.5) is 0 Å². The second-order valence-electron chi connectivity index (χ2n) is 2.72. The molecule has 0 spiro atoms.